The maximum absolute atomic E-state index is 14.1. The van der Waals surface area contributed by atoms with Crippen molar-refractivity contribution >= 4 is 28.6 Å². The Hall–Kier alpha value is -1.83. The van der Waals surface area contributed by atoms with E-state index in [1.54, 1.807) is 12.1 Å². The van der Waals surface area contributed by atoms with E-state index < -0.39 is 11.8 Å². The average molecular weight is 416 g/mol. The van der Waals surface area contributed by atoms with Gasteiger partial charge in [-0.3, -0.25) is 0 Å². The molecular weight excluding hydrogens is 402 g/mol. The number of carbonyl (C=O) groups is 1. The van der Waals surface area contributed by atoms with Crippen LogP contribution in [0, 0.1) is 5.82 Å². The molecule has 2 aromatic carbocycles. The van der Waals surface area contributed by atoms with E-state index in [4.69, 9.17) is 14.6 Å². The van der Waals surface area contributed by atoms with Crippen LogP contribution in [0.2, 0.25) is 0 Å². The number of methoxy groups -OCH3 is 1. The third-order valence-electron chi connectivity index (χ3n) is 3.02. The average Bonchev–Trinajstić information content (AvgIpc) is 2.53. The first kappa shape index (κ1) is 16.5. The van der Waals surface area contributed by atoms with Crippen LogP contribution in [0.1, 0.15) is 10.4 Å². The van der Waals surface area contributed by atoms with Crippen molar-refractivity contribution in [1.29, 1.82) is 0 Å². The molecule has 0 radical (unpaired) electrons. The topological polar surface area (TPSA) is 55.8 Å². The van der Waals surface area contributed by atoms with Gasteiger partial charge in [0.25, 0.3) is 0 Å². The summed E-state index contributed by atoms with van der Waals surface area (Å²) in [5, 5.41) is 9.08. The van der Waals surface area contributed by atoms with Crippen molar-refractivity contribution in [2.75, 3.05) is 18.1 Å². The minimum atomic E-state index is -1.05. The number of carboxylic acid groups (broad SMARTS) is 1. The Labute approximate surface area is 141 Å². The summed E-state index contributed by atoms with van der Waals surface area (Å²) in [6.07, 6.45) is 0. The van der Waals surface area contributed by atoms with E-state index in [1.165, 1.54) is 31.4 Å². The lowest BCUT2D eigenvalue weighted by atomic mass is 10.0. The molecule has 0 aliphatic carbocycles. The predicted molar refractivity (Wildman–Crippen MR) is 89.7 cm³/mol. The molecular formula is C16H14FIO4. The van der Waals surface area contributed by atoms with Gasteiger partial charge in [0, 0.05) is 9.99 Å². The van der Waals surface area contributed by atoms with Crippen molar-refractivity contribution in [3.8, 4) is 22.6 Å². The monoisotopic (exact) mass is 416 g/mol. The fourth-order valence-corrected chi connectivity index (χ4v) is 2.22. The second kappa shape index (κ2) is 7.44. The van der Waals surface area contributed by atoms with Crippen LogP contribution in [-0.4, -0.2) is 29.2 Å². The summed E-state index contributed by atoms with van der Waals surface area (Å²) in [5.41, 5.74) is 1.16. The highest BCUT2D eigenvalue weighted by Gasteiger charge is 2.13. The normalized spacial score (nSPS) is 10.3. The van der Waals surface area contributed by atoms with E-state index in [0.717, 1.165) is 4.43 Å². The lowest BCUT2D eigenvalue weighted by Gasteiger charge is -2.11. The van der Waals surface area contributed by atoms with E-state index in [1.807, 2.05) is 0 Å². The molecule has 2 rings (SSSR count). The molecule has 116 valence electrons. The van der Waals surface area contributed by atoms with Gasteiger partial charge in [-0.05, 0) is 35.9 Å². The molecule has 0 fully saturated rings. The van der Waals surface area contributed by atoms with E-state index >= 15 is 0 Å². The predicted octanol–water partition coefficient (Wildman–Crippen LogP) is 4.01. The van der Waals surface area contributed by atoms with Crippen LogP contribution in [-0.2, 0) is 0 Å². The number of rotatable bonds is 6. The van der Waals surface area contributed by atoms with Gasteiger partial charge < -0.3 is 14.6 Å². The zero-order valence-corrected chi connectivity index (χ0v) is 14.0. The van der Waals surface area contributed by atoms with Gasteiger partial charge >= 0.3 is 5.97 Å². The first-order chi connectivity index (χ1) is 10.6. The minimum Gasteiger partial charge on any atom is -0.496 e. The van der Waals surface area contributed by atoms with Crippen LogP contribution < -0.4 is 9.47 Å². The minimum absolute atomic E-state index is 0.112. The number of hydrogen-bond donors (Lipinski definition) is 1. The van der Waals surface area contributed by atoms with Crippen molar-refractivity contribution in [2.24, 2.45) is 0 Å². The fraction of sp³-hybridized carbons (Fsp3) is 0.188. The van der Waals surface area contributed by atoms with E-state index in [0.29, 0.717) is 23.5 Å². The number of aromatic carboxylic acids is 1. The maximum atomic E-state index is 14.1. The van der Waals surface area contributed by atoms with Crippen molar-refractivity contribution in [1.82, 2.24) is 0 Å². The number of ether oxygens (including phenoxy) is 2. The smallest absolute Gasteiger partial charge is 0.335 e. The number of hydrogen-bond acceptors (Lipinski definition) is 3. The molecule has 0 aliphatic heterocycles. The Morgan fingerprint density at radius 2 is 1.95 bits per heavy atom. The number of alkyl halides is 1. The molecule has 0 spiro atoms. The molecule has 1 N–H and O–H groups in total. The second-order valence-corrected chi connectivity index (χ2v) is 5.48. The summed E-state index contributed by atoms with van der Waals surface area (Å²) < 4.78 is 25.3. The van der Waals surface area contributed by atoms with Gasteiger partial charge in [-0.1, -0.05) is 28.7 Å². The van der Waals surface area contributed by atoms with Gasteiger partial charge in [0.2, 0.25) is 0 Å². The first-order valence-electron chi connectivity index (χ1n) is 6.47. The Morgan fingerprint density at radius 1 is 1.23 bits per heavy atom. The molecule has 0 atom stereocenters. The van der Waals surface area contributed by atoms with E-state index in [2.05, 4.69) is 22.6 Å². The Balaban J connectivity index is 2.44. The third kappa shape index (κ3) is 3.68. The molecule has 0 saturated heterocycles. The highest BCUT2D eigenvalue weighted by molar-refractivity contribution is 14.1. The summed E-state index contributed by atoms with van der Waals surface area (Å²) in [7, 11) is 1.48. The molecule has 0 heterocycles. The Bertz CT molecular complexity index is 688. The van der Waals surface area contributed by atoms with Crippen molar-refractivity contribution in [2.45, 2.75) is 0 Å². The fourth-order valence-electron chi connectivity index (χ4n) is 2.00. The molecule has 0 aromatic heterocycles. The number of carboxylic acids is 1. The molecule has 6 heteroatoms. The van der Waals surface area contributed by atoms with Crippen LogP contribution in [0.25, 0.3) is 11.1 Å². The van der Waals surface area contributed by atoms with Crippen LogP contribution in [0.4, 0.5) is 4.39 Å². The standard InChI is InChI=1S/C16H14FIO4/c1-21-14-4-3-11(16(19)20)8-12(14)10-2-5-15(13(17)9-10)22-7-6-18/h2-5,8-9H,6-7H2,1H3,(H,19,20). The van der Waals surface area contributed by atoms with Gasteiger partial charge in [0.05, 0.1) is 19.3 Å². The highest BCUT2D eigenvalue weighted by atomic mass is 127. The maximum Gasteiger partial charge on any atom is 0.335 e. The quantitative estimate of drug-likeness (QED) is 0.571. The van der Waals surface area contributed by atoms with Crippen LogP contribution in [0.3, 0.4) is 0 Å². The lowest BCUT2D eigenvalue weighted by molar-refractivity contribution is 0.0697. The number of halogens is 2. The molecule has 0 unspecified atom stereocenters. The summed E-state index contributed by atoms with van der Waals surface area (Å²) >= 11 is 2.14. The Morgan fingerprint density at radius 3 is 2.55 bits per heavy atom. The largest absolute Gasteiger partial charge is 0.496 e. The van der Waals surface area contributed by atoms with Crippen LogP contribution in [0.15, 0.2) is 36.4 Å². The molecule has 0 saturated carbocycles. The van der Waals surface area contributed by atoms with Crippen LogP contribution >= 0.6 is 22.6 Å². The van der Waals surface area contributed by atoms with Crippen LogP contribution in [0.5, 0.6) is 11.5 Å². The lowest BCUT2D eigenvalue weighted by Crippen LogP contribution is -2.00. The summed E-state index contributed by atoms with van der Waals surface area (Å²) in [6.45, 7) is 0.425. The Kier molecular flexibility index (Phi) is 5.59. The molecule has 0 aliphatic rings. The van der Waals surface area contributed by atoms with Gasteiger partial charge in [-0.2, -0.15) is 0 Å². The van der Waals surface area contributed by atoms with E-state index in [-0.39, 0.29) is 11.3 Å². The second-order valence-electron chi connectivity index (χ2n) is 4.40. The zero-order valence-electron chi connectivity index (χ0n) is 11.8. The van der Waals surface area contributed by atoms with E-state index in [9.17, 15) is 9.18 Å². The van der Waals surface area contributed by atoms with Gasteiger partial charge in [-0.25, -0.2) is 9.18 Å². The van der Waals surface area contributed by atoms with Gasteiger partial charge in [0.1, 0.15) is 5.75 Å². The summed E-state index contributed by atoms with van der Waals surface area (Å²) in [5.74, 6) is -0.893. The molecule has 4 nitrogen and oxygen atoms in total. The summed E-state index contributed by atoms with van der Waals surface area (Å²) in [6, 6.07) is 8.97. The molecule has 0 bridgehead atoms. The van der Waals surface area contributed by atoms with Crippen molar-refractivity contribution in [3.63, 3.8) is 0 Å². The molecule has 2 aromatic rings. The van der Waals surface area contributed by atoms with Gasteiger partial charge in [0.15, 0.2) is 11.6 Å². The zero-order chi connectivity index (χ0) is 16.1. The van der Waals surface area contributed by atoms with Gasteiger partial charge in [-0.15, -0.1) is 0 Å². The first-order valence-corrected chi connectivity index (χ1v) is 7.99. The summed E-state index contributed by atoms with van der Waals surface area (Å²) in [4.78, 5) is 11.1. The van der Waals surface area contributed by atoms with Crippen molar-refractivity contribution < 1.29 is 23.8 Å². The highest BCUT2D eigenvalue weighted by Crippen LogP contribution is 2.33. The molecule has 22 heavy (non-hydrogen) atoms. The van der Waals surface area contributed by atoms with Crippen molar-refractivity contribution in [3.05, 3.63) is 47.8 Å². The number of benzene rings is 2. The third-order valence-corrected chi connectivity index (χ3v) is 3.46. The molecule has 0 amide bonds. The SMILES string of the molecule is COc1ccc(C(=O)O)cc1-c1ccc(OCCI)c(F)c1.